The highest BCUT2D eigenvalue weighted by atomic mass is 35.5. The number of carbonyl (C=O) groups is 1. The van der Waals surface area contributed by atoms with E-state index in [2.05, 4.69) is 20.8 Å². The SMILES string of the molecule is Cc1nnc(NC(=O)c2csc([C@@H]3C[C@H]3NCC3CCOCC3)c2)s1.Cl.Cl. The van der Waals surface area contributed by atoms with E-state index < -0.39 is 0 Å². The number of aryl methyl sites for hydroxylation is 1. The van der Waals surface area contributed by atoms with E-state index >= 15 is 0 Å². The summed E-state index contributed by atoms with van der Waals surface area (Å²) in [6.45, 7) is 4.76. The van der Waals surface area contributed by atoms with E-state index in [0.717, 1.165) is 30.7 Å². The molecule has 0 unspecified atom stereocenters. The summed E-state index contributed by atoms with van der Waals surface area (Å²) in [5, 5.41) is 17.7. The van der Waals surface area contributed by atoms with Gasteiger partial charge in [0.1, 0.15) is 5.01 Å². The van der Waals surface area contributed by atoms with Gasteiger partial charge in [0.15, 0.2) is 0 Å². The molecule has 27 heavy (non-hydrogen) atoms. The highest BCUT2D eigenvalue weighted by Crippen LogP contribution is 2.43. The lowest BCUT2D eigenvalue weighted by atomic mass is 10.0. The van der Waals surface area contributed by atoms with Gasteiger partial charge in [0, 0.05) is 35.4 Å². The molecule has 4 rings (SSSR count). The molecule has 1 amide bonds. The van der Waals surface area contributed by atoms with Gasteiger partial charge in [-0.2, -0.15) is 0 Å². The number of carbonyl (C=O) groups excluding carboxylic acids is 1. The Morgan fingerprint density at radius 2 is 2.07 bits per heavy atom. The van der Waals surface area contributed by atoms with Crippen molar-refractivity contribution in [3.05, 3.63) is 26.9 Å². The number of thiophene rings is 1. The maximum atomic E-state index is 12.3. The Morgan fingerprint density at radius 3 is 2.78 bits per heavy atom. The lowest BCUT2D eigenvalue weighted by Gasteiger charge is -2.22. The van der Waals surface area contributed by atoms with Crippen LogP contribution in [0, 0.1) is 12.8 Å². The van der Waals surface area contributed by atoms with Crippen molar-refractivity contribution >= 4 is 58.5 Å². The molecule has 150 valence electrons. The van der Waals surface area contributed by atoms with E-state index in [-0.39, 0.29) is 30.7 Å². The molecule has 2 fully saturated rings. The van der Waals surface area contributed by atoms with E-state index in [9.17, 15) is 4.79 Å². The number of anilines is 1. The maximum Gasteiger partial charge on any atom is 0.258 e. The average molecular weight is 451 g/mol. The van der Waals surface area contributed by atoms with Crippen LogP contribution in [0.3, 0.4) is 0 Å². The van der Waals surface area contributed by atoms with Crippen LogP contribution in [-0.4, -0.2) is 41.9 Å². The van der Waals surface area contributed by atoms with Gasteiger partial charge in [0.2, 0.25) is 5.13 Å². The highest BCUT2D eigenvalue weighted by molar-refractivity contribution is 7.15. The fraction of sp³-hybridized carbons (Fsp3) is 0.588. The first kappa shape index (κ1) is 22.5. The van der Waals surface area contributed by atoms with Gasteiger partial charge in [-0.15, -0.1) is 46.3 Å². The molecule has 0 bridgehead atoms. The molecular weight excluding hydrogens is 427 g/mol. The van der Waals surface area contributed by atoms with E-state index in [1.165, 1.54) is 35.5 Å². The molecule has 0 aromatic carbocycles. The molecule has 2 atom stereocenters. The third-order valence-electron chi connectivity index (χ3n) is 4.79. The van der Waals surface area contributed by atoms with Crippen molar-refractivity contribution in [3.8, 4) is 0 Å². The van der Waals surface area contributed by atoms with E-state index in [4.69, 9.17) is 4.74 Å². The maximum absolute atomic E-state index is 12.3. The third-order valence-corrected chi connectivity index (χ3v) is 6.61. The van der Waals surface area contributed by atoms with Crippen molar-refractivity contribution in [1.29, 1.82) is 0 Å². The topological polar surface area (TPSA) is 76.1 Å². The van der Waals surface area contributed by atoms with Crippen LogP contribution in [0.4, 0.5) is 5.13 Å². The van der Waals surface area contributed by atoms with E-state index in [0.29, 0.717) is 22.7 Å². The van der Waals surface area contributed by atoms with Crippen LogP contribution in [0.15, 0.2) is 11.4 Å². The zero-order valence-electron chi connectivity index (χ0n) is 15.0. The lowest BCUT2D eigenvalue weighted by Crippen LogP contribution is -2.29. The van der Waals surface area contributed by atoms with E-state index in [1.807, 2.05) is 18.4 Å². The molecule has 1 aliphatic heterocycles. The van der Waals surface area contributed by atoms with Crippen LogP contribution in [0.25, 0.3) is 0 Å². The normalized spacial score (nSPS) is 21.8. The molecule has 2 N–H and O–H groups in total. The molecule has 10 heteroatoms. The Balaban J connectivity index is 0.00000131. The molecule has 1 saturated carbocycles. The molecule has 1 aliphatic carbocycles. The predicted molar refractivity (Wildman–Crippen MR) is 114 cm³/mol. The smallest absolute Gasteiger partial charge is 0.258 e. The van der Waals surface area contributed by atoms with E-state index in [1.54, 1.807) is 11.3 Å². The molecular formula is C17H24Cl2N4O2S2. The number of hydrogen-bond acceptors (Lipinski definition) is 7. The molecule has 2 aromatic rings. The summed E-state index contributed by atoms with van der Waals surface area (Å²) in [6.07, 6.45) is 3.50. The first-order chi connectivity index (χ1) is 12.2. The van der Waals surface area contributed by atoms with Gasteiger partial charge in [-0.05, 0) is 44.7 Å². The monoisotopic (exact) mass is 450 g/mol. The fourth-order valence-corrected chi connectivity index (χ4v) is 4.84. The minimum absolute atomic E-state index is 0. The second-order valence-corrected chi connectivity index (χ2v) is 8.86. The van der Waals surface area contributed by atoms with Crippen LogP contribution in [0.2, 0.25) is 0 Å². The largest absolute Gasteiger partial charge is 0.381 e. The summed E-state index contributed by atoms with van der Waals surface area (Å²) >= 11 is 3.06. The van der Waals surface area contributed by atoms with Gasteiger partial charge in [0.05, 0.1) is 5.56 Å². The number of aromatic nitrogens is 2. The highest BCUT2D eigenvalue weighted by Gasteiger charge is 2.39. The molecule has 0 spiro atoms. The minimum Gasteiger partial charge on any atom is -0.381 e. The van der Waals surface area contributed by atoms with Crippen LogP contribution in [0.5, 0.6) is 0 Å². The Bertz CT molecular complexity index is 749. The predicted octanol–water partition coefficient (Wildman–Crippen LogP) is 3.88. The number of nitrogens with one attached hydrogen (secondary N) is 2. The minimum atomic E-state index is -0.106. The van der Waals surface area contributed by atoms with Crippen molar-refractivity contribution in [2.45, 2.75) is 38.1 Å². The molecule has 6 nitrogen and oxygen atoms in total. The third kappa shape index (κ3) is 5.85. The van der Waals surface area contributed by atoms with Crippen molar-refractivity contribution in [3.63, 3.8) is 0 Å². The van der Waals surface area contributed by atoms with Gasteiger partial charge in [-0.3, -0.25) is 10.1 Å². The molecule has 2 aromatic heterocycles. The zero-order valence-corrected chi connectivity index (χ0v) is 18.2. The first-order valence-electron chi connectivity index (χ1n) is 8.70. The van der Waals surface area contributed by atoms with Crippen LogP contribution < -0.4 is 10.6 Å². The number of hydrogen-bond donors (Lipinski definition) is 2. The Morgan fingerprint density at radius 1 is 1.30 bits per heavy atom. The second kappa shape index (κ2) is 10.1. The van der Waals surface area contributed by atoms with Crippen molar-refractivity contribution in [2.24, 2.45) is 5.92 Å². The Hall–Kier alpha value is -0.770. The Labute approximate surface area is 179 Å². The van der Waals surface area contributed by atoms with Crippen molar-refractivity contribution in [1.82, 2.24) is 15.5 Å². The molecule has 0 radical (unpaired) electrons. The van der Waals surface area contributed by atoms with Crippen molar-refractivity contribution < 1.29 is 9.53 Å². The van der Waals surface area contributed by atoms with Gasteiger partial charge >= 0.3 is 0 Å². The van der Waals surface area contributed by atoms with Crippen molar-refractivity contribution in [2.75, 3.05) is 25.1 Å². The van der Waals surface area contributed by atoms with Gasteiger partial charge < -0.3 is 10.1 Å². The lowest BCUT2D eigenvalue weighted by molar-refractivity contribution is 0.0662. The number of amides is 1. The van der Waals surface area contributed by atoms with Gasteiger partial charge in [-0.25, -0.2) is 0 Å². The summed E-state index contributed by atoms with van der Waals surface area (Å²) < 4.78 is 5.41. The summed E-state index contributed by atoms with van der Waals surface area (Å²) in [5.41, 5.74) is 0.711. The summed E-state index contributed by atoms with van der Waals surface area (Å²) in [6, 6.07) is 2.58. The molecule has 1 saturated heterocycles. The summed E-state index contributed by atoms with van der Waals surface area (Å²) in [5.74, 6) is 1.19. The van der Waals surface area contributed by atoms with Crippen LogP contribution in [-0.2, 0) is 4.74 Å². The number of nitrogens with zero attached hydrogens (tertiary/aromatic N) is 2. The summed E-state index contributed by atoms with van der Waals surface area (Å²) in [4.78, 5) is 13.6. The van der Waals surface area contributed by atoms with Crippen LogP contribution >= 0.6 is 47.5 Å². The first-order valence-corrected chi connectivity index (χ1v) is 10.4. The standard InChI is InChI=1S/C17H22N4O2S2.2ClH/c1-10-20-21-17(25-10)19-16(22)12-6-15(24-9-12)13-7-14(13)18-8-11-2-4-23-5-3-11;;/h6,9,11,13-14,18H,2-5,7-8H2,1H3,(H,19,21,22);2*1H/t13-,14-;;/m1../s1. The average Bonchev–Trinajstić information content (AvgIpc) is 3.02. The number of rotatable bonds is 6. The van der Waals surface area contributed by atoms with Gasteiger partial charge in [0.25, 0.3) is 5.91 Å². The zero-order chi connectivity index (χ0) is 17.2. The quantitative estimate of drug-likeness (QED) is 0.697. The Kier molecular flexibility index (Phi) is 8.45. The van der Waals surface area contributed by atoms with Gasteiger partial charge in [-0.1, -0.05) is 11.3 Å². The fourth-order valence-electron chi connectivity index (χ4n) is 3.19. The second-order valence-electron chi connectivity index (χ2n) is 6.73. The number of ether oxygens (including phenoxy) is 1. The summed E-state index contributed by atoms with van der Waals surface area (Å²) in [7, 11) is 0. The molecule has 3 heterocycles. The van der Waals surface area contributed by atoms with Crippen LogP contribution in [0.1, 0.15) is 45.4 Å². The number of halogens is 2. The molecule has 2 aliphatic rings.